The maximum Gasteiger partial charge on any atom is 0.238 e. The van der Waals surface area contributed by atoms with Gasteiger partial charge in [-0.1, -0.05) is 0 Å². The molecule has 1 atom stereocenters. The number of hydrogen-bond donors (Lipinski definition) is 1. The summed E-state index contributed by atoms with van der Waals surface area (Å²) >= 11 is 0. The summed E-state index contributed by atoms with van der Waals surface area (Å²) in [6, 6.07) is 1.91. The van der Waals surface area contributed by atoms with E-state index in [0.717, 1.165) is 6.42 Å². The Kier molecular flexibility index (Phi) is 1.62. The summed E-state index contributed by atoms with van der Waals surface area (Å²) < 4.78 is 5.48. The van der Waals surface area contributed by atoms with Crippen molar-refractivity contribution in [3.63, 3.8) is 0 Å². The van der Waals surface area contributed by atoms with Crippen LogP contribution in [0.4, 0.5) is 11.4 Å². The van der Waals surface area contributed by atoms with Gasteiger partial charge in [-0.05, 0) is 12.5 Å². The van der Waals surface area contributed by atoms with Crippen molar-refractivity contribution in [1.29, 1.82) is 0 Å². The Morgan fingerprint density at radius 1 is 1.60 bits per heavy atom. The standard InChI is InChI=1S/C10H11N3O2/c11-6-3-8-10(12-4-6)15-5-7-1-2-9(14)13(7)8/h3-4,7H,1-2,5,11H2. The molecule has 0 saturated carbocycles. The molecular weight excluding hydrogens is 194 g/mol. The number of carbonyl (C=O) groups excluding carboxylic acids is 1. The van der Waals surface area contributed by atoms with E-state index in [2.05, 4.69) is 4.98 Å². The normalized spacial score (nSPS) is 23.3. The van der Waals surface area contributed by atoms with Crippen molar-refractivity contribution in [2.45, 2.75) is 18.9 Å². The molecule has 0 aromatic carbocycles. The minimum absolute atomic E-state index is 0.136. The second-order valence-electron chi connectivity index (χ2n) is 3.86. The highest BCUT2D eigenvalue weighted by molar-refractivity contribution is 5.98. The molecule has 15 heavy (non-hydrogen) atoms. The van der Waals surface area contributed by atoms with E-state index >= 15 is 0 Å². The van der Waals surface area contributed by atoms with Gasteiger partial charge in [-0.2, -0.15) is 0 Å². The van der Waals surface area contributed by atoms with Gasteiger partial charge in [0.25, 0.3) is 0 Å². The van der Waals surface area contributed by atoms with E-state index in [1.54, 1.807) is 17.2 Å². The summed E-state index contributed by atoms with van der Waals surface area (Å²) in [4.78, 5) is 17.5. The number of aromatic nitrogens is 1. The van der Waals surface area contributed by atoms with Crippen LogP contribution in [0.1, 0.15) is 12.8 Å². The van der Waals surface area contributed by atoms with E-state index in [9.17, 15) is 4.79 Å². The average molecular weight is 205 g/mol. The molecule has 0 spiro atoms. The highest BCUT2D eigenvalue weighted by atomic mass is 16.5. The lowest BCUT2D eigenvalue weighted by Gasteiger charge is -2.30. The van der Waals surface area contributed by atoms with Crippen molar-refractivity contribution in [2.75, 3.05) is 17.2 Å². The maximum atomic E-state index is 11.7. The predicted molar refractivity (Wildman–Crippen MR) is 54.7 cm³/mol. The number of hydrogen-bond acceptors (Lipinski definition) is 4. The van der Waals surface area contributed by atoms with Crippen molar-refractivity contribution >= 4 is 17.3 Å². The lowest BCUT2D eigenvalue weighted by Crippen LogP contribution is -2.40. The Labute approximate surface area is 86.8 Å². The largest absolute Gasteiger partial charge is 0.474 e. The van der Waals surface area contributed by atoms with Crippen molar-refractivity contribution < 1.29 is 9.53 Å². The summed E-state index contributed by atoms with van der Waals surface area (Å²) in [6.07, 6.45) is 2.98. The van der Waals surface area contributed by atoms with Crippen molar-refractivity contribution in [3.05, 3.63) is 12.3 Å². The third kappa shape index (κ3) is 1.16. The molecule has 1 saturated heterocycles. The Morgan fingerprint density at radius 2 is 2.47 bits per heavy atom. The SMILES string of the molecule is Nc1cnc2c(c1)N1C(=O)CCC1CO2. The molecule has 5 heteroatoms. The summed E-state index contributed by atoms with van der Waals surface area (Å²) in [5, 5.41) is 0. The molecular formula is C10H11N3O2. The predicted octanol–water partition coefficient (Wildman–Crippen LogP) is 0.552. The third-order valence-electron chi connectivity index (χ3n) is 2.85. The van der Waals surface area contributed by atoms with Gasteiger partial charge in [0.1, 0.15) is 12.3 Å². The van der Waals surface area contributed by atoms with Crippen LogP contribution in [-0.4, -0.2) is 23.5 Å². The monoisotopic (exact) mass is 205 g/mol. The van der Waals surface area contributed by atoms with Crippen molar-refractivity contribution in [1.82, 2.24) is 4.98 Å². The third-order valence-corrected chi connectivity index (χ3v) is 2.85. The van der Waals surface area contributed by atoms with Gasteiger partial charge < -0.3 is 15.4 Å². The van der Waals surface area contributed by atoms with Crippen LogP contribution in [0.25, 0.3) is 0 Å². The van der Waals surface area contributed by atoms with Gasteiger partial charge in [0.05, 0.1) is 17.9 Å². The highest BCUT2D eigenvalue weighted by Crippen LogP contribution is 2.37. The fourth-order valence-electron chi connectivity index (χ4n) is 2.15. The van der Waals surface area contributed by atoms with E-state index in [-0.39, 0.29) is 11.9 Å². The zero-order valence-corrected chi connectivity index (χ0v) is 8.14. The molecule has 1 unspecified atom stereocenters. The number of amides is 1. The van der Waals surface area contributed by atoms with Crippen LogP contribution in [0, 0.1) is 0 Å². The number of fused-ring (bicyclic) bond motifs is 3. The Balaban J connectivity index is 2.12. The number of anilines is 2. The van der Waals surface area contributed by atoms with E-state index in [1.807, 2.05) is 0 Å². The Morgan fingerprint density at radius 3 is 3.33 bits per heavy atom. The van der Waals surface area contributed by atoms with E-state index in [4.69, 9.17) is 10.5 Å². The molecule has 2 aliphatic heterocycles. The zero-order valence-electron chi connectivity index (χ0n) is 8.14. The molecule has 2 N–H and O–H groups in total. The number of nitrogen functional groups attached to an aromatic ring is 1. The summed E-state index contributed by atoms with van der Waals surface area (Å²) in [7, 11) is 0. The first-order valence-electron chi connectivity index (χ1n) is 4.96. The number of rotatable bonds is 0. The Hall–Kier alpha value is -1.78. The molecule has 1 amide bonds. The molecule has 1 aromatic rings. The lowest BCUT2D eigenvalue weighted by molar-refractivity contribution is -0.117. The fourth-order valence-corrected chi connectivity index (χ4v) is 2.15. The van der Waals surface area contributed by atoms with E-state index < -0.39 is 0 Å². The summed E-state index contributed by atoms with van der Waals surface area (Å²) in [6.45, 7) is 0.537. The average Bonchev–Trinajstić information content (AvgIpc) is 2.60. The second-order valence-corrected chi connectivity index (χ2v) is 3.86. The fraction of sp³-hybridized carbons (Fsp3) is 0.400. The number of ether oxygens (including phenoxy) is 1. The lowest BCUT2D eigenvalue weighted by atomic mass is 10.2. The van der Waals surface area contributed by atoms with Gasteiger partial charge >= 0.3 is 0 Å². The van der Waals surface area contributed by atoms with Gasteiger partial charge in [0.15, 0.2) is 0 Å². The number of nitrogens with zero attached hydrogens (tertiary/aromatic N) is 2. The van der Waals surface area contributed by atoms with Gasteiger partial charge in [0.2, 0.25) is 11.8 Å². The quantitative estimate of drug-likeness (QED) is 0.671. The van der Waals surface area contributed by atoms with Crippen LogP contribution >= 0.6 is 0 Å². The molecule has 3 rings (SSSR count). The molecule has 2 aliphatic rings. The van der Waals surface area contributed by atoms with Gasteiger partial charge in [0, 0.05) is 6.42 Å². The number of carbonyl (C=O) groups is 1. The smallest absolute Gasteiger partial charge is 0.238 e. The number of pyridine rings is 1. The minimum Gasteiger partial charge on any atom is -0.474 e. The van der Waals surface area contributed by atoms with Gasteiger partial charge in [-0.15, -0.1) is 0 Å². The molecule has 78 valence electrons. The maximum absolute atomic E-state index is 11.7. The first-order chi connectivity index (χ1) is 7.25. The minimum atomic E-state index is 0.136. The first-order valence-corrected chi connectivity index (χ1v) is 4.96. The van der Waals surface area contributed by atoms with Crippen LogP contribution in [0.5, 0.6) is 5.88 Å². The van der Waals surface area contributed by atoms with Crippen LogP contribution in [0.2, 0.25) is 0 Å². The van der Waals surface area contributed by atoms with Crippen molar-refractivity contribution in [3.8, 4) is 5.88 Å². The Bertz CT molecular complexity index is 433. The molecule has 1 aromatic heterocycles. The molecule has 5 nitrogen and oxygen atoms in total. The first kappa shape index (κ1) is 8.52. The molecule has 1 fully saturated rings. The van der Waals surface area contributed by atoms with Crippen LogP contribution in [0.3, 0.4) is 0 Å². The zero-order chi connectivity index (χ0) is 10.4. The van der Waals surface area contributed by atoms with E-state index in [1.165, 1.54) is 0 Å². The van der Waals surface area contributed by atoms with Crippen LogP contribution in [-0.2, 0) is 4.79 Å². The van der Waals surface area contributed by atoms with Gasteiger partial charge in [-0.3, -0.25) is 4.79 Å². The molecule has 0 radical (unpaired) electrons. The second kappa shape index (κ2) is 2.85. The van der Waals surface area contributed by atoms with Crippen molar-refractivity contribution in [2.24, 2.45) is 0 Å². The highest BCUT2D eigenvalue weighted by Gasteiger charge is 2.38. The van der Waals surface area contributed by atoms with E-state index in [0.29, 0.717) is 30.3 Å². The summed E-state index contributed by atoms with van der Waals surface area (Å²) in [5.41, 5.74) is 6.92. The summed E-state index contributed by atoms with van der Waals surface area (Å²) in [5.74, 6) is 0.646. The topological polar surface area (TPSA) is 68.5 Å². The van der Waals surface area contributed by atoms with Crippen LogP contribution < -0.4 is 15.4 Å². The number of nitrogens with two attached hydrogens (primary N) is 1. The van der Waals surface area contributed by atoms with Crippen LogP contribution in [0.15, 0.2) is 12.3 Å². The molecule has 3 heterocycles. The molecule has 0 bridgehead atoms. The van der Waals surface area contributed by atoms with Gasteiger partial charge in [-0.25, -0.2) is 4.98 Å². The molecule has 0 aliphatic carbocycles.